The molecular formula is C24H19FN4O3. The molecule has 0 radical (unpaired) electrons. The van der Waals surface area contributed by atoms with Crippen molar-refractivity contribution in [2.24, 2.45) is 0 Å². The molecular weight excluding hydrogens is 411 g/mol. The van der Waals surface area contributed by atoms with Crippen molar-refractivity contribution in [1.29, 1.82) is 0 Å². The number of carbonyl (C=O) groups is 1. The van der Waals surface area contributed by atoms with E-state index in [0.29, 0.717) is 27.8 Å². The fourth-order valence-corrected chi connectivity index (χ4v) is 3.41. The van der Waals surface area contributed by atoms with E-state index in [1.54, 1.807) is 36.5 Å². The first kappa shape index (κ1) is 20.9. The predicted octanol–water partition coefficient (Wildman–Crippen LogP) is 5.71. The molecule has 0 saturated heterocycles. The molecule has 1 amide bonds. The number of nitro groups is 1. The van der Waals surface area contributed by atoms with E-state index < -0.39 is 10.7 Å². The highest BCUT2D eigenvalue weighted by Gasteiger charge is 2.16. The van der Waals surface area contributed by atoms with Gasteiger partial charge in [0.15, 0.2) is 0 Å². The van der Waals surface area contributed by atoms with Crippen molar-refractivity contribution >= 4 is 33.9 Å². The minimum atomic E-state index is -0.420. The second-order valence-electron chi connectivity index (χ2n) is 7.24. The van der Waals surface area contributed by atoms with Crippen LogP contribution in [-0.2, 0) is 0 Å². The third-order valence-electron chi connectivity index (χ3n) is 5.09. The number of hydrogen-bond acceptors (Lipinski definition) is 5. The van der Waals surface area contributed by atoms with Gasteiger partial charge in [-0.25, -0.2) is 4.39 Å². The Bertz CT molecular complexity index is 1290. The quantitative estimate of drug-likeness (QED) is 0.302. The number of non-ortho nitro benzene ring substituents is 1. The van der Waals surface area contributed by atoms with Crippen LogP contribution >= 0.6 is 0 Å². The molecule has 1 aromatic heterocycles. The summed E-state index contributed by atoms with van der Waals surface area (Å²) in [6, 6.07) is 19.0. The lowest BCUT2D eigenvalue weighted by Gasteiger charge is -2.17. The van der Waals surface area contributed by atoms with Gasteiger partial charge in [0.1, 0.15) is 11.3 Å². The van der Waals surface area contributed by atoms with Gasteiger partial charge in [0.25, 0.3) is 11.6 Å². The number of benzene rings is 3. The van der Waals surface area contributed by atoms with Crippen molar-refractivity contribution < 1.29 is 14.1 Å². The van der Waals surface area contributed by atoms with Gasteiger partial charge in [0.2, 0.25) is 0 Å². The number of halogens is 1. The van der Waals surface area contributed by atoms with Gasteiger partial charge in [-0.3, -0.25) is 19.9 Å². The van der Waals surface area contributed by atoms with Crippen LogP contribution in [0.3, 0.4) is 0 Å². The second kappa shape index (κ2) is 8.81. The average molecular weight is 430 g/mol. The molecule has 3 aromatic carbocycles. The number of aromatic nitrogens is 1. The van der Waals surface area contributed by atoms with Crippen LogP contribution in [0.25, 0.3) is 10.9 Å². The minimum absolute atomic E-state index is 0.00699. The van der Waals surface area contributed by atoms with Crippen LogP contribution in [0.1, 0.15) is 28.9 Å². The zero-order chi connectivity index (χ0) is 22.7. The fourth-order valence-electron chi connectivity index (χ4n) is 3.41. The summed E-state index contributed by atoms with van der Waals surface area (Å²) in [7, 11) is 0. The molecule has 0 fully saturated rings. The van der Waals surface area contributed by atoms with Crippen LogP contribution in [-0.4, -0.2) is 15.8 Å². The van der Waals surface area contributed by atoms with Crippen molar-refractivity contribution in [2.75, 3.05) is 10.6 Å². The maximum absolute atomic E-state index is 13.0. The first-order valence-corrected chi connectivity index (χ1v) is 9.88. The lowest BCUT2D eigenvalue weighted by Crippen LogP contribution is -2.12. The highest BCUT2D eigenvalue weighted by molar-refractivity contribution is 6.04. The monoisotopic (exact) mass is 430 g/mol. The van der Waals surface area contributed by atoms with Crippen molar-refractivity contribution in [2.45, 2.75) is 13.0 Å². The van der Waals surface area contributed by atoms with E-state index in [9.17, 15) is 19.3 Å². The molecule has 1 heterocycles. The summed E-state index contributed by atoms with van der Waals surface area (Å²) in [6.45, 7) is 1.96. The van der Waals surface area contributed by atoms with Gasteiger partial charge in [-0.15, -0.1) is 0 Å². The SMILES string of the molecule is CC(Nc1ccc([N+](=O)[O-])c2cccnc12)c1ccc(NC(=O)c2ccc(F)cc2)cc1. The summed E-state index contributed by atoms with van der Waals surface area (Å²) >= 11 is 0. The lowest BCUT2D eigenvalue weighted by atomic mass is 10.1. The number of nitrogens with zero attached hydrogens (tertiary/aromatic N) is 2. The van der Waals surface area contributed by atoms with E-state index in [-0.39, 0.29) is 17.6 Å². The van der Waals surface area contributed by atoms with Crippen LogP contribution in [0.2, 0.25) is 0 Å². The summed E-state index contributed by atoms with van der Waals surface area (Å²) in [5.74, 6) is -0.726. The molecule has 160 valence electrons. The third-order valence-corrected chi connectivity index (χ3v) is 5.09. The Balaban J connectivity index is 1.49. The standard InChI is InChI=1S/C24H19FN4O3/c1-15(27-21-12-13-22(29(31)32)20-3-2-14-26-23(20)21)16-6-10-19(11-7-16)28-24(30)17-4-8-18(25)9-5-17/h2-15,27H,1H3,(H,28,30). The molecule has 0 spiro atoms. The normalized spacial score (nSPS) is 11.7. The topological polar surface area (TPSA) is 97.2 Å². The Morgan fingerprint density at radius 1 is 1.03 bits per heavy atom. The van der Waals surface area contributed by atoms with Gasteiger partial charge in [0, 0.05) is 29.6 Å². The van der Waals surface area contributed by atoms with Crippen molar-refractivity contribution in [3.63, 3.8) is 0 Å². The van der Waals surface area contributed by atoms with Crippen LogP contribution in [0, 0.1) is 15.9 Å². The molecule has 7 nitrogen and oxygen atoms in total. The molecule has 0 aliphatic carbocycles. The largest absolute Gasteiger partial charge is 0.377 e. The average Bonchev–Trinajstić information content (AvgIpc) is 2.80. The number of pyridine rings is 1. The van der Waals surface area contributed by atoms with Crippen molar-refractivity contribution in [1.82, 2.24) is 4.98 Å². The first-order chi connectivity index (χ1) is 15.4. The Labute approximate surface area is 183 Å². The van der Waals surface area contributed by atoms with E-state index in [0.717, 1.165) is 5.56 Å². The highest BCUT2D eigenvalue weighted by atomic mass is 19.1. The maximum Gasteiger partial charge on any atom is 0.278 e. The smallest absolute Gasteiger partial charge is 0.278 e. The summed E-state index contributed by atoms with van der Waals surface area (Å²) in [4.78, 5) is 27.5. The summed E-state index contributed by atoms with van der Waals surface area (Å²) in [5, 5.41) is 17.9. The number of carbonyl (C=O) groups excluding carboxylic acids is 1. The van der Waals surface area contributed by atoms with E-state index in [4.69, 9.17) is 0 Å². The Morgan fingerprint density at radius 3 is 2.44 bits per heavy atom. The third kappa shape index (κ3) is 4.39. The summed E-state index contributed by atoms with van der Waals surface area (Å²) in [6.07, 6.45) is 1.60. The van der Waals surface area contributed by atoms with E-state index in [1.165, 1.54) is 30.3 Å². The minimum Gasteiger partial charge on any atom is -0.377 e. The van der Waals surface area contributed by atoms with E-state index >= 15 is 0 Å². The molecule has 0 aliphatic rings. The molecule has 4 aromatic rings. The van der Waals surface area contributed by atoms with Gasteiger partial charge in [-0.1, -0.05) is 12.1 Å². The highest BCUT2D eigenvalue weighted by Crippen LogP contribution is 2.32. The van der Waals surface area contributed by atoms with Crippen LogP contribution in [0.4, 0.5) is 21.5 Å². The van der Waals surface area contributed by atoms with Crippen molar-refractivity contribution in [3.05, 3.63) is 106 Å². The summed E-state index contributed by atoms with van der Waals surface area (Å²) in [5.41, 5.74) is 3.14. The molecule has 0 bridgehead atoms. The molecule has 4 rings (SSSR count). The number of nitro benzene ring substituents is 1. The van der Waals surface area contributed by atoms with Gasteiger partial charge in [-0.05, 0) is 67.1 Å². The van der Waals surface area contributed by atoms with Crippen molar-refractivity contribution in [3.8, 4) is 0 Å². The zero-order valence-electron chi connectivity index (χ0n) is 17.1. The van der Waals surface area contributed by atoms with Gasteiger partial charge in [-0.2, -0.15) is 0 Å². The molecule has 32 heavy (non-hydrogen) atoms. The Morgan fingerprint density at radius 2 is 1.75 bits per heavy atom. The maximum atomic E-state index is 13.0. The lowest BCUT2D eigenvalue weighted by molar-refractivity contribution is -0.383. The number of fused-ring (bicyclic) bond motifs is 1. The molecule has 8 heteroatoms. The first-order valence-electron chi connectivity index (χ1n) is 9.88. The van der Waals surface area contributed by atoms with Crippen LogP contribution in [0.5, 0.6) is 0 Å². The molecule has 1 unspecified atom stereocenters. The van der Waals surface area contributed by atoms with E-state index in [1.807, 2.05) is 19.1 Å². The summed E-state index contributed by atoms with van der Waals surface area (Å²) < 4.78 is 13.0. The van der Waals surface area contributed by atoms with Crippen LogP contribution in [0.15, 0.2) is 79.0 Å². The van der Waals surface area contributed by atoms with Gasteiger partial charge in [0.05, 0.1) is 16.0 Å². The molecule has 0 saturated carbocycles. The molecule has 2 N–H and O–H groups in total. The number of rotatable bonds is 6. The van der Waals surface area contributed by atoms with Gasteiger partial charge < -0.3 is 10.6 Å². The number of hydrogen-bond donors (Lipinski definition) is 2. The zero-order valence-corrected chi connectivity index (χ0v) is 17.1. The van der Waals surface area contributed by atoms with E-state index in [2.05, 4.69) is 15.6 Å². The fraction of sp³-hybridized carbons (Fsp3) is 0.0833. The predicted molar refractivity (Wildman–Crippen MR) is 121 cm³/mol. The Hall–Kier alpha value is -4.33. The molecule has 1 atom stereocenters. The number of amides is 1. The van der Waals surface area contributed by atoms with Gasteiger partial charge >= 0.3 is 0 Å². The number of anilines is 2. The number of nitrogens with one attached hydrogen (secondary N) is 2. The van der Waals surface area contributed by atoms with Crippen LogP contribution < -0.4 is 10.6 Å². The molecule has 0 aliphatic heterocycles. The Kier molecular flexibility index (Phi) is 5.76. The second-order valence-corrected chi connectivity index (χ2v) is 7.24.